The third-order valence-corrected chi connectivity index (χ3v) is 6.10. The fraction of sp³-hybridized carbons (Fsp3) is 0.0526. The molecule has 29 heavy (non-hydrogen) atoms. The molecule has 2 aromatic heterocycles. The number of benzene rings is 2. The maximum atomic E-state index is 6.16. The molecular formula is C19H9Cl5N2O3. The zero-order valence-electron chi connectivity index (χ0n) is 14.3. The van der Waals surface area contributed by atoms with Gasteiger partial charge in [0.05, 0.1) is 15.1 Å². The van der Waals surface area contributed by atoms with Crippen molar-refractivity contribution in [2.45, 2.75) is 6.61 Å². The van der Waals surface area contributed by atoms with Crippen LogP contribution in [0.15, 0.2) is 51.4 Å². The van der Waals surface area contributed by atoms with E-state index in [0.29, 0.717) is 17.3 Å². The van der Waals surface area contributed by atoms with Gasteiger partial charge >= 0.3 is 0 Å². The van der Waals surface area contributed by atoms with Gasteiger partial charge in [0.15, 0.2) is 11.5 Å². The van der Waals surface area contributed by atoms with Gasteiger partial charge in [0, 0.05) is 5.56 Å². The van der Waals surface area contributed by atoms with E-state index in [1.807, 2.05) is 30.3 Å². The summed E-state index contributed by atoms with van der Waals surface area (Å²) in [6, 6.07) is 12.8. The molecule has 0 aliphatic rings. The molecular weight excluding hydrogens is 481 g/mol. The highest BCUT2D eigenvalue weighted by Crippen LogP contribution is 2.48. The van der Waals surface area contributed by atoms with Crippen LogP contribution in [0.1, 0.15) is 5.76 Å². The summed E-state index contributed by atoms with van der Waals surface area (Å²) in [5.41, 5.74) is 0.832. The number of hydrogen-bond acceptors (Lipinski definition) is 5. The summed E-state index contributed by atoms with van der Waals surface area (Å²) < 4.78 is 16.6. The van der Waals surface area contributed by atoms with Crippen molar-refractivity contribution >= 4 is 58.0 Å². The van der Waals surface area contributed by atoms with Crippen LogP contribution in [0.5, 0.6) is 5.75 Å². The van der Waals surface area contributed by atoms with Crippen LogP contribution in [-0.4, -0.2) is 10.1 Å². The molecule has 10 heteroatoms. The van der Waals surface area contributed by atoms with E-state index >= 15 is 0 Å². The van der Waals surface area contributed by atoms with Gasteiger partial charge in [-0.25, -0.2) is 0 Å². The first kappa shape index (κ1) is 20.4. The largest absolute Gasteiger partial charge is 0.482 e. The normalized spacial score (nSPS) is 11.1. The molecule has 2 aromatic carbocycles. The molecule has 2 heterocycles. The summed E-state index contributed by atoms with van der Waals surface area (Å²) in [6.07, 6.45) is 0. The van der Waals surface area contributed by atoms with Crippen LogP contribution in [0.3, 0.4) is 0 Å². The lowest BCUT2D eigenvalue weighted by Gasteiger charge is -2.12. The Balaban J connectivity index is 1.52. The van der Waals surface area contributed by atoms with Gasteiger partial charge in [0.25, 0.3) is 5.89 Å². The number of nitrogens with zero attached hydrogens (tertiary/aromatic N) is 2. The molecule has 148 valence electrons. The lowest BCUT2D eigenvalue weighted by Crippen LogP contribution is -1.96. The zero-order valence-corrected chi connectivity index (χ0v) is 18.0. The van der Waals surface area contributed by atoms with Gasteiger partial charge in [0.1, 0.15) is 22.4 Å². The maximum absolute atomic E-state index is 6.16. The fourth-order valence-electron chi connectivity index (χ4n) is 2.45. The van der Waals surface area contributed by atoms with E-state index in [4.69, 9.17) is 71.7 Å². The summed E-state index contributed by atoms with van der Waals surface area (Å²) in [7, 11) is 0. The van der Waals surface area contributed by atoms with Gasteiger partial charge in [-0.05, 0) is 12.1 Å². The molecule has 0 spiro atoms. The van der Waals surface area contributed by atoms with Crippen molar-refractivity contribution in [2.24, 2.45) is 0 Å². The molecule has 0 N–H and O–H groups in total. The Hall–Kier alpha value is -1.89. The number of hydrogen-bond donors (Lipinski definition) is 0. The first-order chi connectivity index (χ1) is 14.0. The standard InChI is InChI=1S/C19H9Cl5N2O3/c20-12-13(21)15(23)17(16(24)14(12)22)27-8-10-6-7-11(28-10)19-25-18(26-29-19)9-4-2-1-3-5-9/h1-7H,8H2. The highest BCUT2D eigenvalue weighted by atomic mass is 35.5. The average molecular weight is 491 g/mol. The molecule has 0 atom stereocenters. The second-order valence-corrected chi connectivity index (χ2v) is 7.63. The Morgan fingerprint density at radius 3 is 2.14 bits per heavy atom. The van der Waals surface area contributed by atoms with Crippen LogP contribution >= 0.6 is 58.0 Å². The minimum atomic E-state index is 0.00735. The Labute approximate surface area is 190 Å². The molecule has 5 nitrogen and oxygen atoms in total. The van der Waals surface area contributed by atoms with Gasteiger partial charge in [-0.3, -0.25) is 0 Å². The lowest BCUT2D eigenvalue weighted by atomic mass is 10.2. The van der Waals surface area contributed by atoms with Crippen LogP contribution in [0, 0.1) is 0 Å². The summed E-state index contributed by atoms with van der Waals surface area (Å²) in [5.74, 6) is 1.66. The predicted molar refractivity (Wildman–Crippen MR) is 113 cm³/mol. The van der Waals surface area contributed by atoms with Crippen molar-refractivity contribution in [2.75, 3.05) is 0 Å². The zero-order chi connectivity index (χ0) is 20.5. The van der Waals surface area contributed by atoms with E-state index in [2.05, 4.69) is 10.1 Å². The van der Waals surface area contributed by atoms with E-state index in [1.165, 1.54) is 0 Å². The smallest absolute Gasteiger partial charge is 0.293 e. The SMILES string of the molecule is Clc1c(Cl)c(Cl)c(OCc2ccc(-c3nc(-c4ccccc4)no3)o2)c(Cl)c1Cl. The Kier molecular flexibility index (Phi) is 5.95. The highest BCUT2D eigenvalue weighted by Gasteiger charge is 2.21. The first-order valence-electron chi connectivity index (χ1n) is 8.08. The maximum Gasteiger partial charge on any atom is 0.293 e. The van der Waals surface area contributed by atoms with Crippen molar-refractivity contribution in [3.8, 4) is 28.8 Å². The fourth-order valence-corrected chi connectivity index (χ4v) is 3.68. The highest BCUT2D eigenvalue weighted by molar-refractivity contribution is 6.55. The summed E-state index contributed by atoms with van der Waals surface area (Å²) in [6.45, 7) is 0.00735. The summed E-state index contributed by atoms with van der Waals surface area (Å²) in [5, 5.41) is 4.24. The first-order valence-corrected chi connectivity index (χ1v) is 9.97. The van der Waals surface area contributed by atoms with Crippen LogP contribution in [0.25, 0.3) is 23.0 Å². The number of ether oxygens (including phenoxy) is 1. The Morgan fingerprint density at radius 1 is 0.793 bits per heavy atom. The molecule has 0 radical (unpaired) electrons. The topological polar surface area (TPSA) is 61.3 Å². The predicted octanol–water partition coefficient (Wildman–Crippen LogP) is 7.84. The third-order valence-electron chi connectivity index (χ3n) is 3.86. The van der Waals surface area contributed by atoms with E-state index in [1.54, 1.807) is 12.1 Å². The third kappa shape index (κ3) is 4.06. The summed E-state index contributed by atoms with van der Waals surface area (Å²) in [4.78, 5) is 4.34. The van der Waals surface area contributed by atoms with Gasteiger partial charge in [-0.15, -0.1) is 0 Å². The van der Waals surface area contributed by atoms with Crippen LogP contribution < -0.4 is 4.74 Å². The Morgan fingerprint density at radius 2 is 1.45 bits per heavy atom. The van der Waals surface area contributed by atoms with Gasteiger partial charge in [0.2, 0.25) is 5.82 Å². The molecule has 0 aliphatic carbocycles. The van der Waals surface area contributed by atoms with E-state index in [-0.39, 0.29) is 43.4 Å². The second-order valence-electron chi connectivity index (χ2n) is 5.74. The van der Waals surface area contributed by atoms with Gasteiger partial charge < -0.3 is 13.7 Å². The number of rotatable bonds is 5. The second kappa shape index (κ2) is 8.46. The van der Waals surface area contributed by atoms with E-state index in [0.717, 1.165) is 5.56 Å². The molecule has 0 saturated carbocycles. The van der Waals surface area contributed by atoms with E-state index < -0.39 is 0 Å². The van der Waals surface area contributed by atoms with Crippen LogP contribution in [0.4, 0.5) is 0 Å². The van der Waals surface area contributed by atoms with Crippen LogP contribution in [-0.2, 0) is 6.61 Å². The Bertz CT molecular complexity index is 1150. The monoisotopic (exact) mass is 488 g/mol. The molecule has 0 amide bonds. The minimum absolute atomic E-state index is 0.00735. The van der Waals surface area contributed by atoms with Crippen molar-refractivity contribution < 1.29 is 13.7 Å². The lowest BCUT2D eigenvalue weighted by molar-refractivity contribution is 0.271. The quantitative estimate of drug-likeness (QED) is 0.211. The molecule has 0 saturated heterocycles. The number of halogens is 5. The molecule has 0 fully saturated rings. The minimum Gasteiger partial charge on any atom is -0.482 e. The van der Waals surface area contributed by atoms with Crippen molar-refractivity contribution in [1.82, 2.24) is 10.1 Å². The molecule has 4 aromatic rings. The van der Waals surface area contributed by atoms with Gasteiger partial charge in [-0.2, -0.15) is 4.98 Å². The molecule has 0 aliphatic heterocycles. The van der Waals surface area contributed by atoms with Gasteiger partial charge in [-0.1, -0.05) is 93.5 Å². The molecule has 0 unspecified atom stereocenters. The summed E-state index contributed by atoms with van der Waals surface area (Å²) >= 11 is 30.4. The van der Waals surface area contributed by atoms with E-state index in [9.17, 15) is 0 Å². The number of aromatic nitrogens is 2. The van der Waals surface area contributed by atoms with Crippen LogP contribution in [0.2, 0.25) is 25.1 Å². The van der Waals surface area contributed by atoms with Crippen molar-refractivity contribution in [3.63, 3.8) is 0 Å². The van der Waals surface area contributed by atoms with Crippen molar-refractivity contribution in [3.05, 3.63) is 73.3 Å². The van der Waals surface area contributed by atoms with Crippen molar-refractivity contribution in [1.29, 1.82) is 0 Å². The molecule has 0 bridgehead atoms. The average Bonchev–Trinajstić information content (AvgIpc) is 3.41. The molecule has 4 rings (SSSR count). The number of furan rings is 1.